The maximum atomic E-state index is 13.0. The van der Waals surface area contributed by atoms with Gasteiger partial charge in [0.1, 0.15) is 0 Å². The van der Waals surface area contributed by atoms with Crippen molar-refractivity contribution in [3.63, 3.8) is 0 Å². The van der Waals surface area contributed by atoms with Gasteiger partial charge in [0.25, 0.3) is 0 Å². The Hall–Kier alpha value is -2.91. The second kappa shape index (κ2) is 8.68. The Bertz CT molecular complexity index is 1030. The average molecular weight is 411 g/mol. The van der Waals surface area contributed by atoms with Crippen molar-refractivity contribution in [2.45, 2.75) is 44.2 Å². The van der Waals surface area contributed by atoms with Crippen LogP contribution in [0.15, 0.2) is 84.9 Å². The molecule has 2 aliphatic heterocycles. The van der Waals surface area contributed by atoms with Crippen LogP contribution in [0.25, 0.3) is 0 Å². The van der Waals surface area contributed by atoms with E-state index in [4.69, 9.17) is 0 Å². The summed E-state index contributed by atoms with van der Waals surface area (Å²) in [6.07, 6.45) is 2.53. The molecule has 2 heterocycles. The van der Waals surface area contributed by atoms with Gasteiger partial charge in [-0.05, 0) is 41.7 Å². The van der Waals surface area contributed by atoms with E-state index in [0.29, 0.717) is 18.4 Å². The zero-order chi connectivity index (χ0) is 21.2. The van der Waals surface area contributed by atoms with Crippen molar-refractivity contribution in [1.29, 1.82) is 0 Å². The summed E-state index contributed by atoms with van der Waals surface area (Å²) >= 11 is 0. The number of hydrogen-bond acceptors (Lipinski definition) is 2. The topological polar surface area (TPSA) is 23.6 Å². The third-order valence-electron chi connectivity index (χ3n) is 7.01. The molecule has 1 fully saturated rings. The number of anilines is 1. The average Bonchev–Trinajstić information content (AvgIpc) is 2.85. The molecule has 31 heavy (non-hydrogen) atoms. The van der Waals surface area contributed by atoms with Crippen molar-refractivity contribution in [2.75, 3.05) is 18.0 Å². The fraction of sp³-hybridized carbons (Fsp3) is 0.321. The van der Waals surface area contributed by atoms with E-state index in [1.807, 2.05) is 25.1 Å². The molecule has 3 aromatic carbocycles. The SMILES string of the molecule is CCC(=O)N(c1ccccc1)[C@H]1CCN2C[C@H](c3ccccc3)c3ccccc3[C@@H]2C1. The summed E-state index contributed by atoms with van der Waals surface area (Å²) in [6.45, 7) is 4.03. The molecular formula is C28H30N2O. The minimum atomic E-state index is 0.218. The Morgan fingerprint density at radius 3 is 2.26 bits per heavy atom. The molecule has 1 saturated heterocycles. The molecule has 0 saturated carbocycles. The van der Waals surface area contributed by atoms with Gasteiger partial charge in [0.2, 0.25) is 5.91 Å². The molecule has 0 aliphatic carbocycles. The number of rotatable bonds is 4. The Labute approximate surface area is 185 Å². The molecule has 0 aromatic heterocycles. The monoisotopic (exact) mass is 410 g/mol. The largest absolute Gasteiger partial charge is 0.309 e. The fourth-order valence-electron chi connectivity index (χ4n) is 5.52. The normalized spacial score (nSPS) is 22.9. The first-order valence-electron chi connectivity index (χ1n) is 11.5. The second-order valence-corrected chi connectivity index (χ2v) is 8.73. The van der Waals surface area contributed by atoms with Crippen LogP contribution in [0.1, 0.15) is 54.8 Å². The summed E-state index contributed by atoms with van der Waals surface area (Å²) in [5.74, 6) is 0.628. The summed E-state index contributed by atoms with van der Waals surface area (Å²) in [5, 5.41) is 0. The van der Waals surface area contributed by atoms with Crippen LogP contribution in [0.2, 0.25) is 0 Å². The number of piperidine rings is 1. The number of para-hydroxylation sites is 1. The molecule has 0 N–H and O–H groups in total. The third-order valence-corrected chi connectivity index (χ3v) is 7.01. The van der Waals surface area contributed by atoms with Gasteiger partial charge in [-0.15, -0.1) is 0 Å². The van der Waals surface area contributed by atoms with Crippen molar-refractivity contribution >= 4 is 11.6 Å². The van der Waals surface area contributed by atoms with E-state index in [1.165, 1.54) is 16.7 Å². The number of carbonyl (C=O) groups is 1. The molecule has 3 aromatic rings. The van der Waals surface area contributed by atoms with Crippen molar-refractivity contribution in [2.24, 2.45) is 0 Å². The van der Waals surface area contributed by atoms with Crippen LogP contribution in [0.3, 0.4) is 0 Å². The van der Waals surface area contributed by atoms with Gasteiger partial charge in [-0.25, -0.2) is 0 Å². The fourth-order valence-corrected chi connectivity index (χ4v) is 5.52. The zero-order valence-electron chi connectivity index (χ0n) is 18.2. The predicted octanol–water partition coefficient (Wildman–Crippen LogP) is 5.78. The number of carbonyl (C=O) groups excluding carboxylic acids is 1. The van der Waals surface area contributed by atoms with Crippen LogP contribution in [0, 0.1) is 0 Å². The highest BCUT2D eigenvalue weighted by Gasteiger charge is 2.40. The highest BCUT2D eigenvalue weighted by Crippen LogP contribution is 2.44. The summed E-state index contributed by atoms with van der Waals surface area (Å²) < 4.78 is 0. The van der Waals surface area contributed by atoms with E-state index in [0.717, 1.165) is 31.6 Å². The summed E-state index contributed by atoms with van der Waals surface area (Å²) in [6, 6.07) is 30.6. The standard InChI is InChI=1S/C28H30N2O/c1-2-28(31)30(22-13-7-4-8-14-22)23-17-18-29-20-26(21-11-5-3-6-12-21)24-15-9-10-16-25(24)27(29)19-23/h3-16,23,26-27H,2,17-20H2,1H3/t23-,26+,27-/m0/s1. The Kier molecular flexibility index (Phi) is 5.61. The van der Waals surface area contributed by atoms with Gasteiger partial charge in [-0.2, -0.15) is 0 Å². The Morgan fingerprint density at radius 2 is 1.55 bits per heavy atom. The second-order valence-electron chi connectivity index (χ2n) is 8.73. The minimum absolute atomic E-state index is 0.218. The number of hydrogen-bond donors (Lipinski definition) is 0. The highest BCUT2D eigenvalue weighted by molar-refractivity contribution is 5.93. The van der Waals surface area contributed by atoms with E-state index in [2.05, 4.69) is 76.5 Å². The van der Waals surface area contributed by atoms with Gasteiger partial charge in [0.15, 0.2) is 0 Å². The number of fused-ring (bicyclic) bond motifs is 3. The van der Waals surface area contributed by atoms with E-state index in [-0.39, 0.29) is 11.9 Å². The highest BCUT2D eigenvalue weighted by atomic mass is 16.2. The third kappa shape index (κ3) is 3.79. The smallest absolute Gasteiger partial charge is 0.226 e. The molecule has 2 aliphatic rings. The van der Waals surface area contributed by atoms with Crippen LogP contribution in [0.4, 0.5) is 5.69 Å². The first kappa shape index (κ1) is 20.0. The summed E-state index contributed by atoms with van der Waals surface area (Å²) in [5.41, 5.74) is 5.30. The Balaban J connectivity index is 1.48. The zero-order valence-corrected chi connectivity index (χ0v) is 18.2. The maximum Gasteiger partial charge on any atom is 0.226 e. The molecule has 0 spiro atoms. The maximum absolute atomic E-state index is 13.0. The Morgan fingerprint density at radius 1 is 0.903 bits per heavy atom. The molecule has 0 radical (unpaired) electrons. The van der Waals surface area contributed by atoms with Gasteiger partial charge in [0, 0.05) is 43.2 Å². The molecule has 158 valence electrons. The van der Waals surface area contributed by atoms with E-state index < -0.39 is 0 Å². The predicted molar refractivity (Wildman–Crippen MR) is 126 cm³/mol. The van der Waals surface area contributed by atoms with Gasteiger partial charge in [-0.3, -0.25) is 9.69 Å². The molecular weight excluding hydrogens is 380 g/mol. The van der Waals surface area contributed by atoms with Crippen LogP contribution in [0.5, 0.6) is 0 Å². The van der Waals surface area contributed by atoms with Crippen molar-refractivity contribution in [3.05, 3.63) is 102 Å². The molecule has 0 unspecified atom stereocenters. The van der Waals surface area contributed by atoms with E-state index in [9.17, 15) is 4.79 Å². The van der Waals surface area contributed by atoms with Gasteiger partial charge in [-0.1, -0.05) is 79.7 Å². The quantitative estimate of drug-likeness (QED) is 0.544. The minimum Gasteiger partial charge on any atom is -0.309 e. The lowest BCUT2D eigenvalue weighted by Gasteiger charge is -2.48. The van der Waals surface area contributed by atoms with Gasteiger partial charge >= 0.3 is 0 Å². The molecule has 3 atom stereocenters. The van der Waals surface area contributed by atoms with E-state index >= 15 is 0 Å². The van der Waals surface area contributed by atoms with Crippen molar-refractivity contribution < 1.29 is 4.79 Å². The summed E-state index contributed by atoms with van der Waals surface area (Å²) in [7, 11) is 0. The molecule has 0 bridgehead atoms. The molecule has 1 amide bonds. The van der Waals surface area contributed by atoms with Gasteiger partial charge in [0.05, 0.1) is 0 Å². The number of benzene rings is 3. The van der Waals surface area contributed by atoms with Crippen molar-refractivity contribution in [3.8, 4) is 0 Å². The molecule has 3 heteroatoms. The molecule has 5 rings (SSSR count). The van der Waals surface area contributed by atoms with Crippen LogP contribution in [-0.2, 0) is 4.79 Å². The van der Waals surface area contributed by atoms with Crippen LogP contribution < -0.4 is 4.90 Å². The van der Waals surface area contributed by atoms with Crippen LogP contribution in [-0.4, -0.2) is 29.9 Å². The number of amides is 1. The first-order valence-corrected chi connectivity index (χ1v) is 11.5. The lowest BCUT2D eigenvalue weighted by molar-refractivity contribution is -0.119. The molecule has 3 nitrogen and oxygen atoms in total. The lowest BCUT2D eigenvalue weighted by Crippen LogP contribution is -2.51. The van der Waals surface area contributed by atoms with E-state index in [1.54, 1.807) is 0 Å². The van der Waals surface area contributed by atoms with Crippen LogP contribution >= 0.6 is 0 Å². The van der Waals surface area contributed by atoms with Gasteiger partial charge < -0.3 is 4.90 Å². The first-order chi connectivity index (χ1) is 15.3. The van der Waals surface area contributed by atoms with Crippen molar-refractivity contribution in [1.82, 2.24) is 4.90 Å². The lowest BCUT2D eigenvalue weighted by atomic mass is 9.77. The number of nitrogens with zero attached hydrogens (tertiary/aromatic N) is 2. The summed E-state index contributed by atoms with van der Waals surface area (Å²) in [4.78, 5) is 17.7.